The average Bonchev–Trinajstić information content (AvgIpc) is 2.70. The van der Waals surface area contributed by atoms with Gasteiger partial charge in [-0.15, -0.1) is 0 Å². The maximum absolute atomic E-state index is 13.1. The van der Waals surface area contributed by atoms with Gasteiger partial charge in [-0.05, 0) is 43.4 Å². The summed E-state index contributed by atoms with van der Waals surface area (Å²) in [5, 5.41) is 3.42. The van der Waals surface area contributed by atoms with Crippen LogP contribution in [0.25, 0.3) is 6.08 Å². The largest absolute Gasteiger partial charge is 0.482 e. The van der Waals surface area contributed by atoms with E-state index in [1.807, 2.05) is 18.2 Å². The van der Waals surface area contributed by atoms with Crippen LogP contribution < -0.4 is 5.32 Å². The number of methoxy groups -OCH3 is 1. The van der Waals surface area contributed by atoms with Gasteiger partial charge in [-0.1, -0.05) is 36.2 Å². The summed E-state index contributed by atoms with van der Waals surface area (Å²) in [6.45, 7) is 1.16. The molecule has 2 atom stereocenters. The second kappa shape index (κ2) is 9.94. The maximum atomic E-state index is 13.1. The van der Waals surface area contributed by atoms with Gasteiger partial charge >= 0.3 is 0 Å². The number of carbonyl (C=O) groups is 2. The van der Waals surface area contributed by atoms with E-state index in [1.54, 1.807) is 24.2 Å². The molecule has 1 N–H and O–H groups in total. The second-order valence-corrected chi connectivity index (χ2v) is 7.57. The van der Waals surface area contributed by atoms with Crippen LogP contribution >= 0.6 is 11.6 Å². The Bertz CT molecular complexity index is 737. The third kappa shape index (κ3) is 5.06. The standard InChI is InChI=1S/C21H27ClN2O4/c1-27-12-6-11-23-20(25)14-24-17-9-4-5-10-18(17)28-19(21(24)26)13-15-7-2-3-8-16(15)22/h2-3,7-8,13,17-18H,4-6,9-12,14H2,1H3,(H,23,25)/b19-13+. The zero-order chi connectivity index (χ0) is 19.9. The number of nitrogens with zero attached hydrogens (tertiary/aromatic N) is 1. The highest BCUT2D eigenvalue weighted by atomic mass is 35.5. The van der Waals surface area contributed by atoms with Crippen molar-refractivity contribution in [1.29, 1.82) is 0 Å². The topological polar surface area (TPSA) is 67.9 Å². The van der Waals surface area contributed by atoms with E-state index in [1.165, 1.54) is 0 Å². The molecule has 0 radical (unpaired) electrons. The zero-order valence-electron chi connectivity index (χ0n) is 16.2. The fourth-order valence-corrected chi connectivity index (χ4v) is 3.94. The molecule has 2 unspecified atom stereocenters. The van der Waals surface area contributed by atoms with Gasteiger partial charge in [0.25, 0.3) is 5.91 Å². The molecule has 2 fully saturated rings. The van der Waals surface area contributed by atoms with Crippen molar-refractivity contribution >= 4 is 29.5 Å². The third-order valence-electron chi connectivity index (χ3n) is 5.17. The molecule has 7 heteroatoms. The summed E-state index contributed by atoms with van der Waals surface area (Å²) in [6.07, 6.45) is 6.17. The van der Waals surface area contributed by atoms with Crippen LogP contribution in [0.2, 0.25) is 5.02 Å². The molecule has 0 bridgehead atoms. The highest BCUT2D eigenvalue weighted by molar-refractivity contribution is 6.32. The van der Waals surface area contributed by atoms with Crippen LogP contribution in [0.3, 0.4) is 0 Å². The van der Waals surface area contributed by atoms with Crippen LogP contribution in [0.1, 0.15) is 37.7 Å². The number of hydrogen-bond acceptors (Lipinski definition) is 4. The van der Waals surface area contributed by atoms with Crippen molar-refractivity contribution in [2.75, 3.05) is 26.8 Å². The fraction of sp³-hybridized carbons (Fsp3) is 0.524. The van der Waals surface area contributed by atoms with E-state index < -0.39 is 0 Å². The monoisotopic (exact) mass is 406 g/mol. The molecule has 1 saturated heterocycles. The molecule has 2 aliphatic rings. The average molecular weight is 407 g/mol. The molecular weight excluding hydrogens is 380 g/mol. The lowest BCUT2D eigenvalue weighted by Gasteiger charge is -2.44. The normalized spacial score (nSPS) is 23.3. The Morgan fingerprint density at radius 3 is 2.93 bits per heavy atom. The number of ether oxygens (including phenoxy) is 2. The molecule has 3 rings (SSSR count). The first-order valence-corrected chi connectivity index (χ1v) is 10.2. The predicted molar refractivity (Wildman–Crippen MR) is 108 cm³/mol. The molecule has 1 aromatic carbocycles. The van der Waals surface area contributed by atoms with Crippen LogP contribution in [-0.4, -0.2) is 55.7 Å². The van der Waals surface area contributed by atoms with Gasteiger partial charge in [-0.2, -0.15) is 0 Å². The summed E-state index contributed by atoms with van der Waals surface area (Å²) in [5.74, 6) is -0.161. The minimum atomic E-state index is -0.255. The van der Waals surface area contributed by atoms with Gasteiger partial charge in [0.2, 0.25) is 5.91 Å². The van der Waals surface area contributed by atoms with Gasteiger partial charge in [0.1, 0.15) is 12.6 Å². The molecule has 1 heterocycles. The van der Waals surface area contributed by atoms with E-state index in [2.05, 4.69) is 5.32 Å². The highest BCUT2D eigenvalue weighted by Crippen LogP contribution is 2.33. The first-order chi connectivity index (χ1) is 13.6. The molecule has 2 amide bonds. The molecule has 1 aliphatic carbocycles. The maximum Gasteiger partial charge on any atom is 0.289 e. The van der Waals surface area contributed by atoms with Gasteiger partial charge in [0, 0.05) is 25.3 Å². The number of halogens is 1. The number of morpholine rings is 1. The molecule has 1 saturated carbocycles. The third-order valence-corrected chi connectivity index (χ3v) is 5.52. The van der Waals surface area contributed by atoms with Crippen molar-refractivity contribution in [3.05, 3.63) is 40.6 Å². The lowest BCUT2D eigenvalue weighted by atomic mass is 9.89. The van der Waals surface area contributed by atoms with E-state index in [9.17, 15) is 9.59 Å². The van der Waals surface area contributed by atoms with Crippen LogP contribution in [0.5, 0.6) is 0 Å². The Morgan fingerprint density at radius 1 is 1.36 bits per heavy atom. The highest BCUT2D eigenvalue weighted by Gasteiger charge is 2.42. The van der Waals surface area contributed by atoms with Gasteiger partial charge < -0.3 is 19.7 Å². The molecule has 6 nitrogen and oxygen atoms in total. The minimum absolute atomic E-state index is 0.0379. The van der Waals surface area contributed by atoms with Crippen molar-refractivity contribution in [1.82, 2.24) is 10.2 Å². The molecular formula is C21H27ClN2O4. The number of hydrogen-bond donors (Lipinski definition) is 1. The predicted octanol–water partition coefficient (Wildman–Crippen LogP) is 3.00. The minimum Gasteiger partial charge on any atom is -0.482 e. The Balaban J connectivity index is 1.75. The van der Waals surface area contributed by atoms with E-state index in [4.69, 9.17) is 21.1 Å². The van der Waals surface area contributed by atoms with Crippen LogP contribution in [0, 0.1) is 0 Å². The van der Waals surface area contributed by atoms with E-state index in [0.717, 1.165) is 37.7 Å². The molecule has 0 spiro atoms. The van der Waals surface area contributed by atoms with Gasteiger partial charge in [-0.25, -0.2) is 0 Å². The smallest absolute Gasteiger partial charge is 0.289 e. The Kier molecular flexibility index (Phi) is 7.34. The molecule has 1 aliphatic heterocycles. The first kappa shape index (κ1) is 20.7. The van der Waals surface area contributed by atoms with Crippen molar-refractivity contribution < 1.29 is 19.1 Å². The van der Waals surface area contributed by atoms with Crippen LogP contribution in [-0.2, 0) is 19.1 Å². The van der Waals surface area contributed by atoms with E-state index >= 15 is 0 Å². The summed E-state index contributed by atoms with van der Waals surface area (Å²) in [6, 6.07) is 7.25. The SMILES string of the molecule is COCCCNC(=O)CN1C(=O)/C(=C\c2ccccc2Cl)OC2CCCCC21. The number of benzene rings is 1. The number of carbonyl (C=O) groups excluding carboxylic acids is 2. The molecule has 1 aromatic rings. The summed E-state index contributed by atoms with van der Waals surface area (Å²) >= 11 is 6.23. The van der Waals surface area contributed by atoms with Gasteiger partial charge in [-0.3, -0.25) is 9.59 Å². The summed E-state index contributed by atoms with van der Waals surface area (Å²) in [4.78, 5) is 27.2. The van der Waals surface area contributed by atoms with Crippen molar-refractivity contribution in [2.24, 2.45) is 0 Å². The van der Waals surface area contributed by atoms with Gasteiger partial charge in [0.05, 0.1) is 6.04 Å². The number of rotatable bonds is 7. The number of amides is 2. The van der Waals surface area contributed by atoms with E-state index in [-0.39, 0.29) is 36.3 Å². The van der Waals surface area contributed by atoms with Crippen LogP contribution in [0.4, 0.5) is 0 Å². The molecule has 152 valence electrons. The lowest BCUT2D eigenvalue weighted by Crippen LogP contribution is -2.57. The molecule has 28 heavy (non-hydrogen) atoms. The van der Waals surface area contributed by atoms with Crippen molar-refractivity contribution in [3.8, 4) is 0 Å². The zero-order valence-corrected chi connectivity index (χ0v) is 16.9. The van der Waals surface area contributed by atoms with Gasteiger partial charge in [0.15, 0.2) is 5.76 Å². The number of fused-ring (bicyclic) bond motifs is 1. The number of nitrogens with one attached hydrogen (secondary N) is 1. The van der Waals surface area contributed by atoms with Crippen LogP contribution in [0.15, 0.2) is 30.0 Å². The Morgan fingerprint density at radius 2 is 2.14 bits per heavy atom. The molecule has 0 aromatic heterocycles. The second-order valence-electron chi connectivity index (χ2n) is 7.17. The Hall–Kier alpha value is -2.05. The summed E-state index contributed by atoms with van der Waals surface area (Å²) < 4.78 is 11.0. The van der Waals surface area contributed by atoms with Crippen molar-refractivity contribution in [2.45, 2.75) is 44.2 Å². The van der Waals surface area contributed by atoms with E-state index in [0.29, 0.717) is 18.2 Å². The van der Waals surface area contributed by atoms with Crippen molar-refractivity contribution in [3.63, 3.8) is 0 Å². The quantitative estimate of drug-likeness (QED) is 0.558. The fourth-order valence-electron chi connectivity index (χ4n) is 3.75. The lowest BCUT2D eigenvalue weighted by molar-refractivity contribution is -0.151. The Labute approximate surface area is 170 Å². The summed E-state index contributed by atoms with van der Waals surface area (Å²) in [7, 11) is 1.63. The summed E-state index contributed by atoms with van der Waals surface area (Å²) in [5.41, 5.74) is 0.728. The first-order valence-electron chi connectivity index (χ1n) is 9.79.